The van der Waals surface area contributed by atoms with Gasteiger partial charge in [0.15, 0.2) is 5.82 Å². The van der Waals surface area contributed by atoms with Gasteiger partial charge >= 0.3 is 0 Å². The van der Waals surface area contributed by atoms with E-state index in [9.17, 15) is 0 Å². The van der Waals surface area contributed by atoms with Crippen LogP contribution in [0.2, 0.25) is 0 Å². The predicted octanol–water partition coefficient (Wildman–Crippen LogP) is 2.44. The molecule has 2 aromatic rings. The number of hydrogen-bond acceptors (Lipinski definition) is 7. The third kappa shape index (κ3) is 4.15. The maximum atomic E-state index is 5.49. The van der Waals surface area contributed by atoms with Gasteiger partial charge in [0.2, 0.25) is 5.95 Å². The summed E-state index contributed by atoms with van der Waals surface area (Å²) in [5, 5.41) is 8.35. The number of hydrogen-bond donors (Lipinski definition) is 0. The molecule has 7 nitrogen and oxygen atoms in total. The van der Waals surface area contributed by atoms with Crippen LogP contribution in [0.4, 0.5) is 17.5 Å². The number of aromatic nitrogens is 3. The van der Waals surface area contributed by atoms with Crippen molar-refractivity contribution in [2.75, 3.05) is 61.6 Å². The first-order valence-electron chi connectivity index (χ1n) is 9.26. The summed E-state index contributed by atoms with van der Waals surface area (Å²) in [5.74, 6) is 2.52. The standard InChI is InChI=1S/C19H28N6O/c1-4-5-10-23(2)19-21-18(15-20-22-19)25-13-11-24(12-14-25)16-8-6-7-9-17(16)26-3/h6-9,15H,4-5,10-14H2,1-3H3. The highest BCUT2D eigenvalue weighted by molar-refractivity contribution is 5.59. The Labute approximate surface area is 155 Å². The fourth-order valence-electron chi connectivity index (χ4n) is 3.16. The zero-order valence-corrected chi connectivity index (χ0v) is 15.9. The number of unbranched alkanes of at least 4 members (excludes halogenated alkanes) is 1. The normalized spacial score (nSPS) is 14.4. The summed E-state index contributed by atoms with van der Waals surface area (Å²) in [5.41, 5.74) is 1.15. The Bertz CT molecular complexity index is 702. The topological polar surface area (TPSA) is 57.6 Å². The molecule has 7 heteroatoms. The van der Waals surface area contributed by atoms with Crippen molar-refractivity contribution in [2.24, 2.45) is 0 Å². The van der Waals surface area contributed by atoms with Gasteiger partial charge in [-0.2, -0.15) is 10.1 Å². The number of benzene rings is 1. The van der Waals surface area contributed by atoms with Gasteiger partial charge < -0.3 is 19.4 Å². The van der Waals surface area contributed by atoms with E-state index in [1.807, 2.05) is 19.2 Å². The third-order valence-electron chi connectivity index (χ3n) is 4.75. The molecule has 0 aliphatic carbocycles. The number of ether oxygens (including phenoxy) is 1. The van der Waals surface area contributed by atoms with Crippen LogP contribution in [0.3, 0.4) is 0 Å². The second kappa shape index (κ2) is 8.69. The van der Waals surface area contributed by atoms with E-state index in [1.54, 1.807) is 13.3 Å². The van der Waals surface area contributed by atoms with Crippen molar-refractivity contribution in [1.29, 1.82) is 0 Å². The van der Waals surface area contributed by atoms with E-state index >= 15 is 0 Å². The van der Waals surface area contributed by atoms with Gasteiger partial charge in [-0.1, -0.05) is 25.5 Å². The van der Waals surface area contributed by atoms with E-state index in [4.69, 9.17) is 9.72 Å². The fraction of sp³-hybridized carbons (Fsp3) is 0.526. The van der Waals surface area contributed by atoms with Crippen LogP contribution in [0, 0.1) is 0 Å². The van der Waals surface area contributed by atoms with Crippen LogP contribution in [-0.2, 0) is 0 Å². The largest absolute Gasteiger partial charge is 0.495 e. The quantitative estimate of drug-likeness (QED) is 0.755. The minimum absolute atomic E-state index is 0.697. The number of piperazine rings is 1. The first kappa shape index (κ1) is 18.2. The first-order chi connectivity index (χ1) is 12.7. The molecule has 0 unspecified atom stereocenters. The number of para-hydroxylation sites is 2. The van der Waals surface area contributed by atoms with E-state index in [1.165, 1.54) is 0 Å². The number of nitrogens with zero attached hydrogens (tertiary/aromatic N) is 6. The van der Waals surface area contributed by atoms with Gasteiger partial charge in [-0.15, -0.1) is 5.10 Å². The van der Waals surface area contributed by atoms with Gasteiger partial charge in [0.1, 0.15) is 5.75 Å². The molecular formula is C19H28N6O. The highest BCUT2D eigenvalue weighted by Crippen LogP contribution is 2.29. The van der Waals surface area contributed by atoms with Gasteiger partial charge in [0.05, 0.1) is 19.0 Å². The lowest BCUT2D eigenvalue weighted by atomic mass is 10.2. The van der Waals surface area contributed by atoms with Crippen molar-refractivity contribution in [3.05, 3.63) is 30.5 Å². The van der Waals surface area contributed by atoms with E-state index in [0.717, 1.165) is 62.8 Å². The summed E-state index contributed by atoms with van der Waals surface area (Å²) >= 11 is 0. The molecule has 0 bridgehead atoms. The molecule has 0 saturated carbocycles. The molecule has 0 spiro atoms. The first-order valence-corrected chi connectivity index (χ1v) is 9.26. The molecule has 140 valence electrons. The van der Waals surface area contributed by atoms with Gasteiger partial charge in [0, 0.05) is 39.8 Å². The van der Waals surface area contributed by atoms with Crippen LogP contribution in [0.1, 0.15) is 19.8 Å². The van der Waals surface area contributed by atoms with Gasteiger partial charge in [0.25, 0.3) is 0 Å². The minimum Gasteiger partial charge on any atom is -0.495 e. The Kier molecular flexibility index (Phi) is 6.09. The van der Waals surface area contributed by atoms with Crippen molar-refractivity contribution in [3.8, 4) is 5.75 Å². The monoisotopic (exact) mass is 356 g/mol. The number of anilines is 3. The highest BCUT2D eigenvalue weighted by atomic mass is 16.5. The van der Waals surface area contributed by atoms with Crippen molar-refractivity contribution < 1.29 is 4.74 Å². The minimum atomic E-state index is 0.697. The fourth-order valence-corrected chi connectivity index (χ4v) is 3.16. The molecule has 2 heterocycles. The molecule has 1 aliphatic rings. The zero-order chi connectivity index (χ0) is 18.4. The van der Waals surface area contributed by atoms with Crippen LogP contribution in [0.25, 0.3) is 0 Å². The molecule has 0 radical (unpaired) electrons. The van der Waals surface area contributed by atoms with Crippen molar-refractivity contribution in [1.82, 2.24) is 15.2 Å². The molecule has 1 aliphatic heterocycles. The maximum absolute atomic E-state index is 5.49. The molecule has 0 N–H and O–H groups in total. The van der Waals surface area contributed by atoms with Gasteiger partial charge in [-0.05, 0) is 18.6 Å². The Morgan fingerprint density at radius 1 is 1.12 bits per heavy atom. The Balaban J connectivity index is 1.65. The average molecular weight is 356 g/mol. The number of rotatable bonds is 7. The molecule has 1 saturated heterocycles. The Hall–Kier alpha value is -2.57. The summed E-state index contributed by atoms with van der Waals surface area (Å²) in [6, 6.07) is 8.18. The lowest BCUT2D eigenvalue weighted by Crippen LogP contribution is -2.47. The summed E-state index contributed by atoms with van der Waals surface area (Å²) in [6.07, 6.45) is 4.04. The molecule has 0 atom stereocenters. The van der Waals surface area contributed by atoms with Crippen molar-refractivity contribution >= 4 is 17.5 Å². The van der Waals surface area contributed by atoms with Crippen LogP contribution < -0.4 is 19.4 Å². The maximum Gasteiger partial charge on any atom is 0.247 e. The molecule has 1 fully saturated rings. The predicted molar refractivity (Wildman–Crippen MR) is 105 cm³/mol. The molecule has 26 heavy (non-hydrogen) atoms. The summed E-state index contributed by atoms with van der Waals surface area (Å²) < 4.78 is 5.49. The second-order valence-corrected chi connectivity index (χ2v) is 6.54. The zero-order valence-electron chi connectivity index (χ0n) is 15.9. The van der Waals surface area contributed by atoms with E-state index in [2.05, 4.69) is 44.0 Å². The smallest absolute Gasteiger partial charge is 0.247 e. The van der Waals surface area contributed by atoms with E-state index < -0.39 is 0 Å². The van der Waals surface area contributed by atoms with E-state index in [0.29, 0.717) is 5.95 Å². The summed E-state index contributed by atoms with van der Waals surface area (Å²) in [7, 11) is 3.74. The van der Waals surface area contributed by atoms with Gasteiger partial charge in [-0.25, -0.2) is 0 Å². The van der Waals surface area contributed by atoms with Crippen LogP contribution >= 0.6 is 0 Å². The lowest BCUT2D eigenvalue weighted by molar-refractivity contribution is 0.413. The summed E-state index contributed by atoms with van der Waals surface area (Å²) in [4.78, 5) is 11.4. The molecular weight excluding hydrogens is 328 g/mol. The van der Waals surface area contributed by atoms with Crippen molar-refractivity contribution in [3.63, 3.8) is 0 Å². The number of methoxy groups -OCH3 is 1. The molecule has 0 amide bonds. The lowest BCUT2D eigenvalue weighted by Gasteiger charge is -2.37. The van der Waals surface area contributed by atoms with Crippen LogP contribution in [-0.4, -0.2) is 62.1 Å². The molecule has 1 aromatic heterocycles. The Morgan fingerprint density at radius 2 is 1.85 bits per heavy atom. The van der Waals surface area contributed by atoms with Crippen molar-refractivity contribution in [2.45, 2.75) is 19.8 Å². The summed E-state index contributed by atoms with van der Waals surface area (Å²) in [6.45, 7) is 6.77. The van der Waals surface area contributed by atoms with Crippen LogP contribution in [0.5, 0.6) is 5.75 Å². The molecule has 3 rings (SSSR count). The third-order valence-corrected chi connectivity index (χ3v) is 4.75. The Morgan fingerprint density at radius 3 is 2.58 bits per heavy atom. The second-order valence-electron chi connectivity index (χ2n) is 6.54. The SMILES string of the molecule is CCCCN(C)c1nncc(N2CCN(c3ccccc3OC)CC2)n1. The van der Waals surface area contributed by atoms with Gasteiger partial charge in [-0.3, -0.25) is 0 Å². The van der Waals surface area contributed by atoms with E-state index in [-0.39, 0.29) is 0 Å². The average Bonchev–Trinajstić information content (AvgIpc) is 2.72. The highest BCUT2D eigenvalue weighted by Gasteiger charge is 2.21. The molecule has 1 aromatic carbocycles. The van der Waals surface area contributed by atoms with Crippen LogP contribution in [0.15, 0.2) is 30.5 Å².